The van der Waals surface area contributed by atoms with E-state index >= 15 is 0 Å². The van der Waals surface area contributed by atoms with E-state index in [1.54, 1.807) is 0 Å². The summed E-state index contributed by atoms with van der Waals surface area (Å²) in [6.07, 6.45) is 6.59. The molecule has 82 valence electrons. The average Bonchev–Trinajstić information content (AvgIpc) is 2.26. The summed E-state index contributed by atoms with van der Waals surface area (Å²) in [5, 5.41) is 3.13. The molecular formula is C13H18BrN. The molecule has 0 saturated carbocycles. The van der Waals surface area contributed by atoms with Crippen molar-refractivity contribution in [1.29, 1.82) is 0 Å². The van der Waals surface area contributed by atoms with Crippen molar-refractivity contribution >= 4 is 22.0 Å². The van der Waals surface area contributed by atoms with Crippen LogP contribution >= 0.6 is 15.9 Å². The van der Waals surface area contributed by atoms with Gasteiger partial charge in [-0.15, -0.1) is 0 Å². The summed E-state index contributed by atoms with van der Waals surface area (Å²) in [5.41, 5.74) is 2.72. The monoisotopic (exact) mass is 267 g/mol. The molecule has 0 aliphatic heterocycles. The fourth-order valence-corrected chi connectivity index (χ4v) is 1.89. The number of aryl methyl sites for hydroxylation is 1. The lowest BCUT2D eigenvalue weighted by Crippen LogP contribution is -2.05. The van der Waals surface area contributed by atoms with Gasteiger partial charge in [0.25, 0.3) is 0 Å². The molecular weight excluding hydrogens is 250 g/mol. The topological polar surface area (TPSA) is 12.0 Å². The smallest absolute Gasteiger partial charge is 0.0178 e. The first-order valence-electron chi connectivity index (χ1n) is 5.37. The molecule has 0 aliphatic rings. The minimum atomic E-state index is 1.04. The maximum Gasteiger partial charge on any atom is 0.0178 e. The summed E-state index contributed by atoms with van der Waals surface area (Å²) in [6, 6.07) is 6.45. The zero-order valence-electron chi connectivity index (χ0n) is 9.39. The van der Waals surface area contributed by atoms with Gasteiger partial charge in [-0.2, -0.15) is 0 Å². The van der Waals surface area contributed by atoms with Crippen LogP contribution in [-0.4, -0.2) is 13.6 Å². The van der Waals surface area contributed by atoms with Crippen LogP contribution < -0.4 is 5.32 Å². The first-order chi connectivity index (χ1) is 7.27. The summed E-state index contributed by atoms with van der Waals surface area (Å²) in [5.74, 6) is 0. The third-order valence-electron chi connectivity index (χ3n) is 2.34. The van der Waals surface area contributed by atoms with Crippen molar-refractivity contribution < 1.29 is 0 Å². The maximum absolute atomic E-state index is 3.50. The molecule has 0 atom stereocenters. The second kappa shape index (κ2) is 6.81. The quantitative estimate of drug-likeness (QED) is 0.804. The molecule has 0 spiro atoms. The maximum atomic E-state index is 3.50. The van der Waals surface area contributed by atoms with E-state index in [-0.39, 0.29) is 0 Å². The molecule has 1 rings (SSSR count). The van der Waals surface area contributed by atoms with E-state index in [4.69, 9.17) is 0 Å². The first-order valence-corrected chi connectivity index (χ1v) is 6.16. The molecule has 15 heavy (non-hydrogen) atoms. The highest BCUT2D eigenvalue weighted by atomic mass is 79.9. The van der Waals surface area contributed by atoms with E-state index in [0.717, 1.165) is 23.9 Å². The van der Waals surface area contributed by atoms with Crippen LogP contribution in [0.5, 0.6) is 0 Å². The lowest BCUT2D eigenvalue weighted by molar-refractivity contribution is 0.809. The molecule has 1 N–H and O–H groups in total. The van der Waals surface area contributed by atoms with Crippen molar-refractivity contribution in [3.8, 4) is 0 Å². The summed E-state index contributed by atoms with van der Waals surface area (Å²) in [4.78, 5) is 0. The van der Waals surface area contributed by atoms with E-state index in [1.165, 1.54) is 11.1 Å². The van der Waals surface area contributed by atoms with Crippen LogP contribution in [0.4, 0.5) is 0 Å². The second-order valence-corrected chi connectivity index (χ2v) is 4.41. The Morgan fingerprint density at radius 2 is 2.20 bits per heavy atom. The molecule has 0 amide bonds. The lowest BCUT2D eigenvalue weighted by Gasteiger charge is -2.03. The van der Waals surface area contributed by atoms with Gasteiger partial charge in [-0.05, 0) is 49.7 Å². The zero-order valence-corrected chi connectivity index (χ0v) is 11.0. The fourth-order valence-electron chi connectivity index (χ4n) is 1.48. The molecule has 0 unspecified atom stereocenters. The van der Waals surface area contributed by atoms with Gasteiger partial charge in [0.1, 0.15) is 0 Å². The molecule has 0 saturated heterocycles. The predicted molar refractivity (Wildman–Crippen MR) is 71.1 cm³/mol. The highest BCUT2D eigenvalue weighted by Gasteiger charge is 1.97. The van der Waals surface area contributed by atoms with Crippen LogP contribution in [0.15, 0.2) is 28.7 Å². The molecule has 0 aromatic heterocycles. The largest absolute Gasteiger partial charge is 0.319 e. The lowest BCUT2D eigenvalue weighted by atomic mass is 10.0. The first kappa shape index (κ1) is 12.5. The summed E-state index contributed by atoms with van der Waals surface area (Å²) in [6.45, 7) is 3.22. The van der Waals surface area contributed by atoms with Gasteiger partial charge in [0.15, 0.2) is 0 Å². The third-order valence-corrected chi connectivity index (χ3v) is 2.84. The molecule has 1 nitrogen and oxygen atoms in total. The van der Waals surface area contributed by atoms with Gasteiger partial charge < -0.3 is 5.32 Å². The van der Waals surface area contributed by atoms with Crippen molar-refractivity contribution in [1.82, 2.24) is 5.32 Å². The standard InChI is InChI=1S/C13H18BrN/c1-3-11-10-13(14)8-7-12(11)6-4-5-9-15-2/h4,6-8,10,15H,3,5,9H2,1-2H3. The minimum absolute atomic E-state index is 1.04. The van der Waals surface area contributed by atoms with Gasteiger partial charge in [-0.3, -0.25) is 0 Å². The van der Waals surface area contributed by atoms with Gasteiger partial charge >= 0.3 is 0 Å². The Labute approximate surface area is 101 Å². The molecule has 0 fully saturated rings. The molecule has 1 aromatic carbocycles. The van der Waals surface area contributed by atoms with E-state index in [1.807, 2.05) is 7.05 Å². The number of hydrogen-bond acceptors (Lipinski definition) is 1. The summed E-state index contributed by atoms with van der Waals surface area (Å²) >= 11 is 3.50. The Kier molecular flexibility index (Phi) is 5.66. The summed E-state index contributed by atoms with van der Waals surface area (Å²) < 4.78 is 1.16. The second-order valence-electron chi connectivity index (χ2n) is 3.49. The van der Waals surface area contributed by atoms with Crippen LogP contribution in [0, 0.1) is 0 Å². The van der Waals surface area contributed by atoms with Crippen LogP contribution in [-0.2, 0) is 6.42 Å². The van der Waals surface area contributed by atoms with E-state index in [9.17, 15) is 0 Å². The Morgan fingerprint density at radius 3 is 2.87 bits per heavy atom. The van der Waals surface area contributed by atoms with Crippen molar-refractivity contribution in [3.05, 3.63) is 39.9 Å². The van der Waals surface area contributed by atoms with E-state index in [2.05, 4.69) is 58.5 Å². The molecule has 0 heterocycles. The third kappa shape index (κ3) is 4.18. The number of halogens is 1. The number of hydrogen-bond donors (Lipinski definition) is 1. The van der Waals surface area contributed by atoms with Crippen molar-refractivity contribution in [2.45, 2.75) is 19.8 Å². The SMILES string of the molecule is CCc1cc(Br)ccc1C=CCCNC. The molecule has 0 aliphatic carbocycles. The fraction of sp³-hybridized carbons (Fsp3) is 0.385. The number of benzene rings is 1. The van der Waals surface area contributed by atoms with Gasteiger partial charge in [-0.25, -0.2) is 0 Å². The minimum Gasteiger partial charge on any atom is -0.319 e. The number of nitrogens with one attached hydrogen (secondary N) is 1. The Hall–Kier alpha value is -0.600. The van der Waals surface area contributed by atoms with Gasteiger partial charge in [0, 0.05) is 4.47 Å². The highest BCUT2D eigenvalue weighted by Crippen LogP contribution is 2.18. The molecule has 2 heteroatoms. The van der Waals surface area contributed by atoms with Crippen LogP contribution in [0.3, 0.4) is 0 Å². The van der Waals surface area contributed by atoms with Crippen LogP contribution in [0.1, 0.15) is 24.5 Å². The Bertz CT molecular complexity index is 331. The van der Waals surface area contributed by atoms with Crippen molar-refractivity contribution in [2.75, 3.05) is 13.6 Å². The summed E-state index contributed by atoms with van der Waals surface area (Å²) in [7, 11) is 1.98. The Morgan fingerprint density at radius 1 is 1.40 bits per heavy atom. The molecule has 1 aromatic rings. The van der Waals surface area contributed by atoms with Gasteiger partial charge in [0.2, 0.25) is 0 Å². The van der Waals surface area contributed by atoms with Crippen LogP contribution in [0.2, 0.25) is 0 Å². The van der Waals surface area contributed by atoms with Crippen LogP contribution in [0.25, 0.3) is 6.08 Å². The van der Waals surface area contributed by atoms with Crippen molar-refractivity contribution in [2.24, 2.45) is 0 Å². The zero-order chi connectivity index (χ0) is 11.1. The normalized spacial score (nSPS) is 11.1. The highest BCUT2D eigenvalue weighted by molar-refractivity contribution is 9.10. The van der Waals surface area contributed by atoms with Gasteiger partial charge in [0.05, 0.1) is 0 Å². The van der Waals surface area contributed by atoms with Gasteiger partial charge in [-0.1, -0.05) is 41.1 Å². The molecule has 0 bridgehead atoms. The predicted octanol–water partition coefficient (Wildman–Crippen LogP) is 3.63. The van der Waals surface area contributed by atoms with Crippen molar-refractivity contribution in [3.63, 3.8) is 0 Å². The van der Waals surface area contributed by atoms with E-state index in [0.29, 0.717) is 0 Å². The van der Waals surface area contributed by atoms with E-state index < -0.39 is 0 Å². The molecule has 0 radical (unpaired) electrons. The Balaban J connectivity index is 2.71. The number of rotatable bonds is 5. The average molecular weight is 268 g/mol.